The van der Waals surface area contributed by atoms with Gasteiger partial charge in [0, 0.05) is 17.6 Å². The van der Waals surface area contributed by atoms with Gasteiger partial charge in [0.25, 0.3) is 10.0 Å². The Morgan fingerprint density at radius 1 is 0.907 bits per heavy atom. The van der Waals surface area contributed by atoms with Crippen molar-refractivity contribution in [2.24, 2.45) is 0 Å². The molecule has 0 radical (unpaired) electrons. The molecule has 1 atom stereocenters. The average molecular weight is 665 g/mol. The average Bonchev–Trinajstić information content (AvgIpc) is 3.00. The third kappa shape index (κ3) is 8.04. The number of nitrogens with zero attached hydrogens (tertiary/aromatic N) is 2. The van der Waals surface area contributed by atoms with Crippen LogP contribution in [0.3, 0.4) is 0 Å². The highest BCUT2D eigenvalue weighted by atomic mass is 35.5. The first-order valence-electron chi connectivity index (χ1n) is 14.4. The van der Waals surface area contributed by atoms with E-state index >= 15 is 0 Å². The predicted molar refractivity (Wildman–Crippen MR) is 173 cm³/mol. The molecule has 11 heteroatoms. The fourth-order valence-corrected chi connectivity index (χ4v) is 7.38. The highest BCUT2D eigenvalue weighted by molar-refractivity contribution is 7.92. The predicted octanol–water partition coefficient (Wildman–Crippen LogP) is 7.41. The number of hydrogen-bond donors (Lipinski definition) is 1. The summed E-state index contributed by atoms with van der Waals surface area (Å²) in [6, 6.07) is 17.1. The van der Waals surface area contributed by atoms with Crippen LogP contribution in [0.5, 0.6) is 0 Å². The van der Waals surface area contributed by atoms with Crippen molar-refractivity contribution in [1.82, 2.24) is 10.2 Å². The lowest BCUT2D eigenvalue weighted by atomic mass is 9.95. The summed E-state index contributed by atoms with van der Waals surface area (Å²) in [5.74, 6) is -0.810. The van der Waals surface area contributed by atoms with Crippen molar-refractivity contribution in [2.75, 3.05) is 10.8 Å². The van der Waals surface area contributed by atoms with E-state index in [2.05, 4.69) is 5.32 Å². The summed E-state index contributed by atoms with van der Waals surface area (Å²) in [5, 5.41) is 4.18. The van der Waals surface area contributed by atoms with Crippen molar-refractivity contribution in [3.05, 3.63) is 92.9 Å². The zero-order valence-corrected chi connectivity index (χ0v) is 27.3. The molecule has 43 heavy (non-hydrogen) atoms. The number of carbonyl (C=O) groups excluding carboxylic acids is 2. The summed E-state index contributed by atoms with van der Waals surface area (Å²) in [6.45, 7) is 3.02. The summed E-state index contributed by atoms with van der Waals surface area (Å²) in [5.41, 5.74) is 1.44. The van der Waals surface area contributed by atoms with Crippen LogP contribution in [0.25, 0.3) is 0 Å². The number of carbonyl (C=O) groups is 2. The molecule has 0 unspecified atom stereocenters. The molecule has 1 fully saturated rings. The molecule has 3 aromatic carbocycles. The molecular formula is C32H36Cl3N3O4S. The van der Waals surface area contributed by atoms with Crippen LogP contribution in [-0.4, -0.2) is 43.8 Å². The van der Waals surface area contributed by atoms with Crippen molar-refractivity contribution >= 4 is 62.3 Å². The molecule has 0 spiro atoms. The molecule has 3 aromatic rings. The molecule has 0 bridgehead atoms. The van der Waals surface area contributed by atoms with Gasteiger partial charge in [-0.3, -0.25) is 13.9 Å². The Morgan fingerprint density at radius 3 is 2.26 bits per heavy atom. The zero-order valence-electron chi connectivity index (χ0n) is 24.2. The molecule has 7 nitrogen and oxygen atoms in total. The maximum absolute atomic E-state index is 14.3. The van der Waals surface area contributed by atoms with E-state index in [0.717, 1.165) is 36.4 Å². The Labute approximate surface area is 269 Å². The van der Waals surface area contributed by atoms with Gasteiger partial charge in [-0.2, -0.15) is 0 Å². The number of sulfonamides is 1. The van der Waals surface area contributed by atoms with E-state index in [9.17, 15) is 18.0 Å². The molecule has 0 aromatic heterocycles. The normalized spacial score (nSPS) is 14.6. The van der Waals surface area contributed by atoms with Crippen molar-refractivity contribution in [3.63, 3.8) is 0 Å². The van der Waals surface area contributed by atoms with Crippen molar-refractivity contribution < 1.29 is 18.0 Å². The van der Waals surface area contributed by atoms with E-state index in [1.165, 1.54) is 17.0 Å². The van der Waals surface area contributed by atoms with E-state index in [1.807, 2.05) is 6.92 Å². The second-order valence-electron chi connectivity index (χ2n) is 10.7. The number of amides is 2. The Balaban J connectivity index is 1.74. The second-order valence-corrected chi connectivity index (χ2v) is 13.8. The molecule has 2 amide bonds. The molecule has 0 heterocycles. The van der Waals surface area contributed by atoms with E-state index < -0.39 is 28.5 Å². The highest BCUT2D eigenvalue weighted by Crippen LogP contribution is 2.32. The lowest BCUT2D eigenvalue weighted by Crippen LogP contribution is -2.54. The monoisotopic (exact) mass is 663 g/mol. The van der Waals surface area contributed by atoms with Gasteiger partial charge in [-0.25, -0.2) is 8.42 Å². The van der Waals surface area contributed by atoms with Crippen LogP contribution in [0.15, 0.2) is 71.6 Å². The number of benzene rings is 3. The minimum Gasteiger partial charge on any atom is -0.352 e. The molecule has 1 N–H and O–H groups in total. The van der Waals surface area contributed by atoms with E-state index in [0.29, 0.717) is 32.6 Å². The summed E-state index contributed by atoms with van der Waals surface area (Å²) in [6.07, 6.45) is 5.32. The first kappa shape index (κ1) is 33.1. The first-order valence-corrected chi connectivity index (χ1v) is 17.0. The minimum absolute atomic E-state index is 0.0278. The summed E-state index contributed by atoms with van der Waals surface area (Å²) in [4.78, 5) is 29.4. The Bertz CT molecular complexity index is 1550. The topological polar surface area (TPSA) is 86.8 Å². The minimum atomic E-state index is -4.19. The fourth-order valence-electron chi connectivity index (χ4n) is 5.40. The lowest BCUT2D eigenvalue weighted by molar-refractivity contribution is -0.140. The van der Waals surface area contributed by atoms with Crippen LogP contribution in [0.1, 0.15) is 56.6 Å². The summed E-state index contributed by atoms with van der Waals surface area (Å²) >= 11 is 18.8. The van der Waals surface area contributed by atoms with Gasteiger partial charge in [0.15, 0.2) is 0 Å². The van der Waals surface area contributed by atoms with Crippen molar-refractivity contribution in [3.8, 4) is 0 Å². The molecule has 1 aliphatic rings. The van der Waals surface area contributed by atoms with Gasteiger partial charge in [-0.1, -0.05) is 91.3 Å². The van der Waals surface area contributed by atoms with Crippen LogP contribution in [0.2, 0.25) is 15.1 Å². The maximum Gasteiger partial charge on any atom is 0.264 e. The van der Waals surface area contributed by atoms with E-state index in [4.69, 9.17) is 34.8 Å². The standard InChI is InChI=1S/C32H36Cl3N3O4S/c1-3-29(32(40)36-24-11-6-4-7-12-24)37(20-23-17-18-27(34)28(35)19-23)31(39)21-38(30-16-10-15-26(33)22(30)2)43(41,42)25-13-8-5-9-14-25/h5,8-10,13-19,24,29H,3-4,6-7,11-12,20-21H2,1-2H3,(H,36,40)/t29-/m1/s1. The number of anilines is 1. The van der Waals surface area contributed by atoms with Crippen LogP contribution in [0.4, 0.5) is 5.69 Å². The summed E-state index contributed by atoms with van der Waals surface area (Å²) in [7, 11) is -4.19. The SMILES string of the molecule is CC[C@H](C(=O)NC1CCCCC1)N(Cc1ccc(Cl)c(Cl)c1)C(=O)CN(c1cccc(Cl)c1C)S(=O)(=O)c1ccccc1. The third-order valence-electron chi connectivity index (χ3n) is 7.79. The van der Waals surface area contributed by atoms with Gasteiger partial charge in [0.2, 0.25) is 11.8 Å². The van der Waals surface area contributed by atoms with Crippen LogP contribution in [-0.2, 0) is 26.2 Å². The van der Waals surface area contributed by atoms with Crippen LogP contribution < -0.4 is 9.62 Å². The molecule has 0 saturated heterocycles. The largest absolute Gasteiger partial charge is 0.352 e. The van der Waals surface area contributed by atoms with Crippen LogP contribution >= 0.6 is 34.8 Å². The van der Waals surface area contributed by atoms with Gasteiger partial charge in [-0.15, -0.1) is 0 Å². The van der Waals surface area contributed by atoms with Gasteiger partial charge in [-0.05, 0) is 73.7 Å². The Morgan fingerprint density at radius 2 is 1.60 bits per heavy atom. The van der Waals surface area contributed by atoms with Gasteiger partial charge in [0.05, 0.1) is 20.6 Å². The molecule has 0 aliphatic heterocycles. The molecular weight excluding hydrogens is 629 g/mol. The molecule has 1 saturated carbocycles. The number of rotatable bonds is 11. The Hall–Kier alpha value is -2.78. The zero-order chi connectivity index (χ0) is 31.1. The van der Waals surface area contributed by atoms with Crippen LogP contribution in [0, 0.1) is 6.92 Å². The molecule has 4 rings (SSSR count). The van der Waals surface area contributed by atoms with Gasteiger partial charge >= 0.3 is 0 Å². The smallest absolute Gasteiger partial charge is 0.264 e. The fraction of sp³-hybridized carbons (Fsp3) is 0.375. The second kappa shape index (κ2) is 14.8. The highest BCUT2D eigenvalue weighted by Gasteiger charge is 2.35. The molecule has 230 valence electrons. The molecule has 1 aliphatic carbocycles. The third-order valence-corrected chi connectivity index (χ3v) is 10.7. The van der Waals surface area contributed by atoms with Gasteiger partial charge in [0.1, 0.15) is 12.6 Å². The quantitative estimate of drug-likeness (QED) is 0.231. The van der Waals surface area contributed by atoms with E-state index in [-0.39, 0.29) is 29.1 Å². The van der Waals surface area contributed by atoms with E-state index in [1.54, 1.807) is 61.5 Å². The van der Waals surface area contributed by atoms with Gasteiger partial charge < -0.3 is 10.2 Å². The lowest BCUT2D eigenvalue weighted by Gasteiger charge is -2.35. The number of nitrogens with one attached hydrogen (secondary N) is 1. The maximum atomic E-state index is 14.3. The van der Waals surface area contributed by atoms with Crippen molar-refractivity contribution in [2.45, 2.75) is 75.9 Å². The number of halogens is 3. The number of hydrogen-bond acceptors (Lipinski definition) is 4. The first-order chi connectivity index (χ1) is 20.5. The van der Waals surface area contributed by atoms with Crippen molar-refractivity contribution in [1.29, 1.82) is 0 Å². The Kier molecular flexibility index (Phi) is 11.4. The summed E-state index contributed by atoms with van der Waals surface area (Å²) < 4.78 is 29.1.